The molecule has 1 aromatic rings. The molecule has 0 fully saturated rings. The summed E-state index contributed by atoms with van der Waals surface area (Å²) in [6.07, 6.45) is 0.858. The first kappa shape index (κ1) is 17.0. The number of amides is 3. The quantitative estimate of drug-likeness (QED) is 0.640. The molecule has 6 nitrogen and oxygen atoms in total. The average molecular weight is 292 g/mol. The van der Waals surface area contributed by atoms with E-state index in [-0.39, 0.29) is 17.9 Å². The fraction of sp³-hybridized carbons (Fsp3) is 0.467. The van der Waals surface area contributed by atoms with Crippen LogP contribution in [0.1, 0.15) is 38.8 Å². The normalized spacial score (nSPS) is 14.9. The summed E-state index contributed by atoms with van der Waals surface area (Å²) in [7, 11) is 0. The van der Waals surface area contributed by atoms with Gasteiger partial charge in [-0.1, -0.05) is 32.4 Å². The van der Waals surface area contributed by atoms with E-state index in [0.29, 0.717) is 5.69 Å². The van der Waals surface area contributed by atoms with Gasteiger partial charge >= 0.3 is 6.03 Å². The Balaban J connectivity index is 2.65. The van der Waals surface area contributed by atoms with Crippen molar-refractivity contribution in [3.8, 4) is 0 Å². The molecule has 0 bridgehead atoms. The van der Waals surface area contributed by atoms with Gasteiger partial charge in [0.2, 0.25) is 5.91 Å². The molecule has 0 aliphatic heterocycles. The molecule has 3 amide bonds. The molecule has 0 radical (unpaired) electrons. The molecule has 3 atom stereocenters. The summed E-state index contributed by atoms with van der Waals surface area (Å²) < 4.78 is 0. The smallest absolute Gasteiger partial charge is 0.316 e. The molecule has 3 unspecified atom stereocenters. The van der Waals surface area contributed by atoms with Gasteiger partial charge in [0, 0.05) is 5.69 Å². The summed E-state index contributed by atoms with van der Waals surface area (Å²) in [5.41, 5.74) is 12.5. The van der Waals surface area contributed by atoms with E-state index in [9.17, 15) is 9.59 Å². The lowest BCUT2D eigenvalue weighted by Gasteiger charge is -2.21. The van der Waals surface area contributed by atoms with Gasteiger partial charge in [0.25, 0.3) is 0 Å². The number of hydrogen-bond acceptors (Lipinski definition) is 3. The van der Waals surface area contributed by atoms with Crippen LogP contribution >= 0.6 is 0 Å². The van der Waals surface area contributed by atoms with Crippen LogP contribution in [0, 0.1) is 5.92 Å². The minimum Gasteiger partial charge on any atom is -0.351 e. The summed E-state index contributed by atoms with van der Waals surface area (Å²) in [5, 5.41) is 5.38. The standard InChI is InChI=1S/C15H24N4O2/c1-4-9(2)13(16)14(20)18-10(3)11-5-7-12(8-6-11)19-15(17)21/h5-10,13H,4,16H2,1-3H3,(H,18,20)(H3,17,19,21). The first-order chi connectivity index (χ1) is 9.85. The predicted octanol–water partition coefficient (Wildman–Crippen LogP) is 1.73. The molecular weight excluding hydrogens is 268 g/mol. The highest BCUT2D eigenvalue weighted by molar-refractivity contribution is 5.87. The zero-order chi connectivity index (χ0) is 16.0. The van der Waals surface area contributed by atoms with E-state index in [2.05, 4.69) is 10.6 Å². The summed E-state index contributed by atoms with van der Waals surface area (Å²) in [6.45, 7) is 5.85. The Morgan fingerprint density at radius 1 is 1.19 bits per heavy atom. The number of benzene rings is 1. The molecule has 0 heterocycles. The van der Waals surface area contributed by atoms with Crippen molar-refractivity contribution in [1.82, 2.24) is 5.32 Å². The topological polar surface area (TPSA) is 110 Å². The second kappa shape index (κ2) is 7.64. The van der Waals surface area contributed by atoms with Crippen LogP contribution in [0.5, 0.6) is 0 Å². The molecule has 0 spiro atoms. The number of primary amides is 1. The third-order valence-electron chi connectivity index (χ3n) is 3.60. The first-order valence-corrected chi connectivity index (χ1v) is 7.07. The molecule has 116 valence electrons. The molecule has 0 aliphatic rings. The number of nitrogens with one attached hydrogen (secondary N) is 2. The number of carbonyl (C=O) groups excluding carboxylic acids is 2. The number of nitrogens with two attached hydrogens (primary N) is 2. The number of urea groups is 1. The van der Waals surface area contributed by atoms with Gasteiger partial charge < -0.3 is 22.1 Å². The van der Waals surface area contributed by atoms with Crippen molar-refractivity contribution in [2.24, 2.45) is 17.4 Å². The van der Waals surface area contributed by atoms with Gasteiger partial charge in [0.05, 0.1) is 12.1 Å². The largest absolute Gasteiger partial charge is 0.351 e. The monoisotopic (exact) mass is 292 g/mol. The van der Waals surface area contributed by atoms with Crippen molar-refractivity contribution in [3.05, 3.63) is 29.8 Å². The molecule has 6 heteroatoms. The SMILES string of the molecule is CCC(C)C(N)C(=O)NC(C)c1ccc(NC(N)=O)cc1. The highest BCUT2D eigenvalue weighted by Gasteiger charge is 2.21. The molecule has 1 rings (SSSR count). The van der Waals surface area contributed by atoms with Crippen LogP contribution in [0.3, 0.4) is 0 Å². The molecule has 0 aromatic heterocycles. The Morgan fingerprint density at radius 3 is 2.24 bits per heavy atom. The minimum atomic E-state index is -0.608. The highest BCUT2D eigenvalue weighted by Crippen LogP contribution is 2.16. The number of rotatable bonds is 6. The Labute approximate surface area is 125 Å². The van der Waals surface area contributed by atoms with Crippen LogP contribution in [0.15, 0.2) is 24.3 Å². The van der Waals surface area contributed by atoms with Crippen LogP contribution in [0.4, 0.5) is 10.5 Å². The second-order valence-electron chi connectivity index (χ2n) is 5.25. The van der Waals surface area contributed by atoms with Crippen molar-refractivity contribution < 1.29 is 9.59 Å². The zero-order valence-electron chi connectivity index (χ0n) is 12.7. The maximum absolute atomic E-state index is 12.0. The van der Waals surface area contributed by atoms with Gasteiger partial charge in [0.15, 0.2) is 0 Å². The highest BCUT2D eigenvalue weighted by atomic mass is 16.2. The van der Waals surface area contributed by atoms with Crippen LogP contribution in [0.2, 0.25) is 0 Å². The average Bonchev–Trinajstić information content (AvgIpc) is 2.45. The minimum absolute atomic E-state index is 0.138. The molecule has 21 heavy (non-hydrogen) atoms. The maximum Gasteiger partial charge on any atom is 0.316 e. The van der Waals surface area contributed by atoms with Crippen molar-refractivity contribution in [1.29, 1.82) is 0 Å². The Morgan fingerprint density at radius 2 is 1.76 bits per heavy atom. The lowest BCUT2D eigenvalue weighted by atomic mass is 9.98. The van der Waals surface area contributed by atoms with Gasteiger partial charge in [-0.25, -0.2) is 4.79 Å². The summed E-state index contributed by atoms with van der Waals surface area (Å²) >= 11 is 0. The van der Waals surface area contributed by atoms with E-state index < -0.39 is 12.1 Å². The van der Waals surface area contributed by atoms with Crippen molar-refractivity contribution in [3.63, 3.8) is 0 Å². The maximum atomic E-state index is 12.0. The molecule has 6 N–H and O–H groups in total. The summed E-state index contributed by atoms with van der Waals surface area (Å²) in [5.74, 6) is -0.0180. The lowest BCUT2D eigenvalue weighted by Crippen LogP contribution is -2.45. The van der Waals surface area contributed by atoms with Crippen molar-refractivity contribution >= 4 is 17.6 Å². The predicted molar refractivity (Wildman–Crippen MR) is 83.6 cm³/mol. The van der Waals surface area contributed by atoms with Crippen molar-refractivity contribution in [2.45, 2.75) is 39.3 Å². The van der Waals surface area contributed by atoms with E-state index >= 15 is 0 Å². The Bertz CT molecular complexity index is 487. The molecular formula is C15H24N4O2. The van der Waals surface area contributed by atoms with Crippen LogP contribution in [-0.2, 0) is 4.79 Å². The van der Waals surface area contributed by atoms with Gasteiger partial charge in [0.1, 0.15) is 0 Å². The van der Waals surface area contributed by atoms with E-state index in [1.165, 1.54) is 0 Å². The van der Waals surface area contributed by atoms with Gasteiger partial charge in [-0.2, -0.15) is 0 Å². The summed E-state index contributed by atoms with van der Waals surface area (Å²) in [6, 6.07) is 5.84. The van der Waals surface area contributed by atoms with Crippen molar-refractivity contribution in [2.75, 3.05) is 5.32 Å². The molecule has 1 aromatic carbocycles. The van der Waals surface area contributed by atoms with Gasteiger partial charge in [-0.3, -0.25) is 4.79 Å². The van der Waals surface area contributed by atoms with Crippen LogP contribution < -0.4 is 22.1 Å². The third-order valence-corrected chi connectivity index (χ3v) is 3.60. The molecule has 0 saturated heterocycles. The number of anilines is 1. The van der Waals surface area contributed by atoms with E-state index in [0.717, 1.165) is 12.0 Å². The number of hydrogen-bond donors (Lipinski definition) is 4. The first-order valence-electron chi connectivity index (χ1n) is 7.07. The van der Waals surface area contributed by atoms with E-state index in [4.69, 9.17) is 11.5 Å². The fourth-order valence-corrected chi connectivity index (χ4v) is 1.90. The molecule has 0 saturated carbocycles. The number of carbonyl (C=O) groups is 2. The van der Waals surface area contributed by atoms with E-state index in [1.54, 1.807) is 12.1 Å². The Hall–Kier alpha value is -2.08. The Kier molecular flexibility index (Phi) is 6.17. The lowest BCUT2D eigenvalue weighted by molar-refractivity contribution is -0.124. The van der Waals surface area contributed by atoms with Gasteiger partial charge in [-0.05, 0) is 30.5 Å². The van der Waals surface area contributed by atoms with Gasteiger partial charge in [-0.15, -0.1) is 0 Å². The third kappa shape index (κ3) is 5.07. The fourth-order valence-electron chi connectivity index (χ4n) is 1.90. The summed E-state index contributed by atoms with van der Waals surface area (Å²) in [4.78, 5) is 22.8. The van der Waals surface area contributed by atoms with E-state index in [1.807, 2.05) is 32.9 Å². The second-order valence-corrected chi connectivity index (χ2v) is 5.25. The van der Waals surface area contributed by atoms with Crippen LogP contribution in [-0.4, -0.2) is 18.0 Å². The zero-order valence-corrected chi connectivity index (χ0v) is 12.7. The molecule has 0 aliphatic carbocycles. The van der Waals surface area contributed by atoms with Crippen LogP contribution in [0.25, 0.3) is 0 Å².